The van der Waals surface area contributed by atoms with Gasteiger partial charge in [-0.05, 0) is 31.5 Å². The number of nitrogens with zero attached hydrogens (tertiary/aromatic N) is 2. The molecular formula is C16H23N3O3S. The van der Waals surface area contributed by atoms with Crippen molar-refractivity contribution in [1.29, 1.82) is 5.26 Å². The molecule has 0 amide bonds. The van der Waals surface area contributed by atoms with E-state index in [9.17, 15) is 8.42 Å². The highest BCUT2D eigenvalue weighted by atomic mass is 32.2. The van der Waals surface area contributed by atoms with Gasteiger partial charge in [-0.25, -0.2) is 13.1 Å². The maximum absolute atomic E-state index is 12.5. The summed E-state index contributed by atoms with van der Waals surface area (Å²) in [4.78, 5) is 2.39. The van der Waals surface area contributed by atoms with Gasteiger partial charge in [0, 0.05) is 25.2 Å². The van der Waals surface area contributed by atoms with Gasteiger partial charge >= 0.3 is 0 Å². The molecule has 0 spiro atoms. The normalized spacial score (nSPS) is 19.0. The van der Waals surface area contributed by atoms with Crippen molar-refractivity contribution in [1.82, 2.24) is 9.62 Å². The molecule has 2 rings (SSSR count). The summed E-state index contributed by atoms with van der Waals surface area (Å²) in [6, 6.07) is 8.01. The lowest BCUT2D eigenvalue weighted by Crippen LogP contribution is -2.56. The lowest BCUT2D eigenvalue weighted by molar-refractivity contribution is -0.0157. The summed E-state index contributed by atoms with van der Waals surface area (Å²) in [6.07, 6.45) is 0.827. The summed E-state index contributed by atoms with van der Waals surface area (Å²) in [5.41, 5.74) is 0.0725. The van der Waals surface area contributed by atoms with Crippen LogP contribution in [0.1, 0.15) is 25.8 Å². The Morgan fingerprint density at radius 3 is 2.70 bits per heavy atom. The van der Waals surface area contributed by atoms with Crippen molar-refractivity contribution in [2.45, 2.75) is 30.7 Å². The average Bonchev–Trinajstić information content (AvgIpc) is 2.60. The molecule has 1 aliphatic heterocycles. The number of rotatable bonds is 6. The fourth-order valence-corrected chi connectivity index (χ4v) is 3.84. The van der Waals surface area contributed by atoms with Gasteiger partial charge in [0.2, 0.25) is 10.0 Å². The van der Waals surface area contributed by atoms with E-state index in [1.807, 2.05) is 6.07 Å². The van der Waals surface area contributed by atoms with Gasteiger partial charge in [0.05, 0.1) is 29.7 Å². The highest BCUT2D eigenvalue weighted by molar-refractivity contribution is 7.89. The summed E-state index contributed by atoms with van der Waals surface area (Å²) >= 11 is 0. The van der Waals surface area contributed by atoms with E-state index in [0.29, 0.717) is 25.3 Å². The van der Waals surface area contributed by atoms with Crippen LogP contribution in [0.25, 0.3) is 0 Å². The quantitative estimate of drug-likeness (QED) is 0.847. The van der Waals surface area contributed by atoms with Crippen molar-refractivity contribution >= 4 is 10.0 Å². The van der Waals surface area contributed by atoms with Crippen LogP contribution in [0.15, 0.2) is 29.2 Å². The van der Waals surface area contributed by atoms with Gasteiger partial charge in [-0.3, -0.25) is 4.90 Å². The number of hydrogen-bond donors (Lipinski definition) is 1. The molecule has 1 aromatic rings. The number of morpholine rings is 1. The van der Waals surface area contributed by atoms with Crippen LogP contribution in [0.4, 0.5) is 0 Å². The third kappa shape index (κ3) is 4.30. The smallest absolute Gasteiger partial charge is 0.240 e. The maximum Gasteiger partial charge on any atom is 0.240 e. The summed E-state index contributed by atoms with van der Waals surface area (Å²) < 4.78 is 33.0. The highest BCUT2D eigenvalue weighted by Gasteiger charge is 2.32. The fraction of sp³-hybridized carbons (Fsp3) is 0.562. The molecule has 6 nitrogen and oxygen atoms in total. The molecule has 126 valence electrons. The molecule has 23 heavy (non-hydrogen) atoms. The van der Waals surface area contributed by atoms with Crippen LogP contribution >= 0.6 is 0 Å². The standard InChI is InChI=1S/C16H23N3O3S/c1-3-16(2,19-7-9-22-10-8-19)13-18-23(20,21)15-6-4-5-14(11-15)12-17/h4-6,11,18H,3,7-10,13H2,1-2H3. The minimum Gasteiger partial charge on any atom is -0.379 e. The molecule has 0 aromatic heterocycles. The lowest BCUT2D eigenvalue weighted by atomic mass is 9.96. The zero-order valence-electron chi connectivity index (χ0n) is 13.6. The minimum atomic E-state index is -3.63. The van der Waals surface area contributed by atoms with Crippen molar-refractivity contribution in [3.63, 3.8) is 0 Å². The third-order valence-electron chi connectivity index (χ3n) is 4.45. The molecule has 1 unspecified atom stereocenters. The first-order chi connectivity index (χ1) is 10.9. The predicted molar refractivity (Wildman–Crippen MR) is 87.4 cm³/mol. The number of hydrogen-bond acceptors (Lipinski definition) is 5. The minimum absolute atomic E-state index is 0.122. The van der Waals surface area contributed by atoms with Crippen molar-refractivity contribution in [2.75, 3.05) is 32.8 Å². The van der Waals surface area contributed by atoms with E-state index < -0.39 is 10.0 Å². The number of ether oxygens (including phenoxy) is 1. The lowest BCUT2D eigenvalue weighted by Gasteiger charge is -2.43. The largest absolute Gasteiger partial charge is 0.379 e. The Hall–Kier alpha value is -1.46. The second kappa shape index (κ2) is 7.41. The zero-order chi connectivity index (χ0) is 16.9. The Balaban J connectivity index is 2.11. The van der Waals surface area contributed by atoms with Crippen LogP contribution in [0.5, 0.6) is 0 Å². The van der Waals surface area contributed by atoms with Crippen molar-refractivity contribution in [3.8, 4) is 6.07 Å². The molecule has 1 aromatic carbocycles. The summed E-state index contributed by atoms with van der Waals surface area (Å²) in [6.45, 7) is 7.39. The predicted octanol–water partition coefficient (Wildman–Crippen LogP) is 1.34. The Labute approximate surface area is 138 Å². The zero-order valence-corrected chi connectivity index (χ0v) is 14.4. The second-order valence-corrected chi connectivity index (χ2v) is 7.68. The molecule has 1 N–H and O–H groups in total. The fourth-order valence-electron chi connectivity index (χ4n) is 2.63. The molecule has 0 bridgehead atoms. The second-order valence-electron chi connectivity index (χ2n) is 5.91. The van der Waals surface area contributed by atoms with Crippen molar-refractivity contribution < 1.29 is 13.2 Å². The van der Waals surface area contributed by atoms with E-state index in [4.69, 9.17) is 10.00 Å². The Morgan fingerprint density at radius 1 is 1.39 bits per heavy atom. The van der Waals surface area contributed by atoms with E-state index in [1.54, 1.807) is 12.1 Å². The molecule has 0 aliphatic carbocycles. The van der Waals surface area contributed by atoms with Gasteiger partial charge in [-0.15, -0.1) is 0 Å². The van der Waals surface area contributed by atoms with Crippen LogP contribution in [-0.4, -0.2) is 51.7 Å². The van der Waals surface area contributed by atoms with Gasteiger partial charge in [-0.1, -0.05) is 13.0 Å². The molecule has 0 saturated carbocycles. The van der Waals surface area contributed by atoms with Crippen molar-refractivity contribution in [3.05, 3.63) is 29.8 Å². The number of nitrogens with one attached hydrogen (secondary N) is 1. The van der Waals surface area contributed by atoms with E-state index in [0.717, 1.165) is 19.5 Å². The van der Waals surface area contributed by atoms with Crippen LogP contribution in [0.2, 0.25) is 0 Å². The molecule has 0 radical (unpaired) electrons. The Bertz CT molecular complexity index is 678. The molecule has 7 heteroatoms. The summed E-state index contributed by atoms with van der Waals surface area (Å²) in [5, 5.41) is 8.91. The van der Waals surface area contributed by atoms with Gasteiger partial charge in [0.25, 0.3) is 0 Å². The van der Waals surface area contributed by atoms with Crippen LogP contribution in [0, 0.1) is 11.3 Å². The number of sulfonamides is 1. The first kappa shape index (κ1) is 17.9. The first-order valence-electron chi connectivity index (χ1n) is 7.74. The van der Waals surface area contributed by atoms with Gasteiger partial charge < -0.3 is 4.74 Å². The summed E-state index contributed by atoms with van der Waals surface area (Å²) in [7, 11) is -3.63. The Kier molecular flexibility index (Phi) is 5.76. The highest BCUT2D eigenvalue weighted by Crippen LogP contribution is 2.21. The van der Waals surface area contributed by atoms with Crippen molar-refractivity contribution in [2.24, 2.45) is 0 Å². The van der Waals surface area contributed by atoms with E-state index in [2.05, 4.69) is 23.5 Å². The molecule has 1 aliphatic rings. The average molecular weight is 337 g/mol. The molecule has 1 heterocycles. The molecular weight excluding hydrogens is 314 g/mol. The monoisotopic (exact) mass is 337 g/mol. The topological polar surface area (TPSA) is 82.4 Å². The van der Waals surface area contributed by atoms with Gasteiger partial charge in [0.15, 0.2) is 0 Å². The SMILES string of the molecule is CCC(C)(CNS(=O)(=O)c1cccc(C#N)c1)N1CCOCC1. The van der Waals surface area contributed by atoms with Gasteiger partial charge in [-0.2, -0.15) is 5.26 Å². The van der Waals surface area contributed by atoms with E-state index in [-0.39, 0.29) is 10.4 Å². The van der Waals surface area contributed by atoms with Gasteiger partial charge in [0.1, 0.15) is 0 Å². The Morgan fingerprint density at radius 2 is 2.09 bits per heavy atom. The molecule has 1 atom stereocenters. The number of benzene rings is 1. The van der Waals surface area contributed by atoms with Crippen LogP contribution in [0.3, 0.4) is 0 Å². The van der Waals surface area contributed by atoms with E-state index in [1.165, 1.54) is 12.1 Å². The van der Waals surface area contributed by atoms with Crippen LogP contribution < -0.4 is 4.72 Å². The van der Waals surface area contributed by atoms with Crippen LogP contribution in [-0.2, 0) is 14.8 Å². The number of nitriles is 1. The first-order valence-corrected chi connectivity index (χ1v) is 9.22. The molecule has 1 fully saturated rings. The molecule has 1 saturated heterocycles. The third-order valence-corrected chi connectivity index (χ3v) is 5.85. The summed E-state index contributed by atoms with van der Waals surface area (Å²) in [5.74, 6) is 0. The maximum atomic E-state index is 12.5. The van der Waals surface area contributed by atoms with E-state index >= 15 is 0 Å².